The first-order valence-corrected chi connectivity index (χ1v) is 6.29. The molecule has 0 saturated carbocycles. The minimum absolute atomic E-state index is 0.421. The van der Waals surface area contributed by atoms with Crippen LogP contribution in [0.3, 0.4) is 0 Å². The van der Waals surface area contributed by atoms with E-state index in [9.17, 15) is 0 Å². The van der Waals surface area contributed by atoms with E-state index in [-0.39, 0.29) is 0 Å². The largest absolute Gasteiger partial charge is 0.453 e. The maximum absolute atomic E-state index is 5.68. The highest BCUT2D eigenvalue weighted by Crippen LogP contribution is 2.26. The van der Waals surface area contributed by atoms with Gasteiger partial charge in [0.1, 0.15) is 5.58 Å². The molecule has 1 N–H and O–H groups in total. The van der Waals surface area contributed by atoms with Crippen LogP contribution < -0.4 is 5.32 Å². The van der Waals surface area contributed by atoms with Gasteiger partial charge in [0.05, 0.1) is 0 Å². The molecule has 5 heteroatoms. The van der Waals surface area contributed by atoms with Crippen molar-refractivity contribution in [2.75, 3.05) is 11.9 Å². The third-order valence-corrected chi connectivity index (χ3v) is 2.73. The van der Waals surface area contributed by atoms with E-state index in [0.717, 1.165) is 17.5 Å². The van der Waals surface area contributed by atoms with Gasteiger partial charge in [-0.15, -0.1) is 0 Å². The second-order valence-corrected chi connectivity index (χ2v) is 4.85. The molecule has 0 unspecified atom stereocenters. The van der Waals surface area contributed by atoms with Gasteiger partial charge in [0, 0.05) is 11.9 Å². The van der Waals surface area contributed by atoms with Gasteiger partial charge >= 0.3 is 6.01 Å². The van der Waals surface area contributed by atoms with E-state index in [1.54, 1.807) is 0 Å². The van der Waals surface area contributed by atoms with E-state index in [4.69, 9.17) is 8.94 Å². The number of hydrogen-bond donors (Lipinski definition) is 1. The molecule has 1 aromatic carbocycles. The van der Waals surface area contributed by atoms with Gasteiger partial charge in [-0.25, -0.2) is 0 Å². The van der Waals surface area contributed by atoms with Gasteiger partial charge in [-0.1, -0.05) is 37.2 Å². The fourth-order valence-electron chi connectivity index (χ4n) is 1.78. The smallest absolute Gasteiger partial charge is 0.321 e. The summed E-state index contributed by atoms with van der Waals surface area (Å²) in [6.07, 6.45) is 0. The lowest BCUT2D eigenvalue weighted by Crippen LogP contribution is -2.07. The summed E-state index contributed by atoms with van der Waals surface area (Å²) in [5, 5.41) is 8.03. The molecule has 2 heterocycles. The first-order valence-electron chi connectivity index (χ1n) is 6.29. The molecule has 0 fully saturated rings. The number of para-hydroxylation sites is 1. The van der Waals surface area contributed by atoms with Crippen molar-refractivity contribution in [3.8, 4) is 11.6 Å². The molecule has 3 rings (SSSR count). The van der Waals surface area contributed by atoms with Crippen LogP contribution in [0.25, 0.3) is 22.6 Å². The average Bonchev–Trinajstić information content (AvgIpc) is 3.02. The second-order valence-electron chi connectivity index (χ2n) is 4.85. The molecule has 0 amide bonds. The van der Waals surface area contributed by atoms with Gasteiger partial charge in [0.15, 0.2) is 5.76 Å². The van der Waals surface area contributed by atoms with Gasteiger partial charge in [-0.3, -0.25) is 0 Å². The van der Waals surface area contributed by atoms with E-state index >= 15 is 0 Å². The average molecular weight is 257 g/mol. The molecule has 0 radical (unpaired) electrons. The minimum Gasteiger partial charge on any atom is -0.453 e. The predicted octanol–water partition coefficient (Wildman–Crippen LogP) is 3.55. The zero-order valence-corrected chi connectivity index (χ0v) is 10.9. The van der Waals surface area contributed by atoms with Crippen molar-refractivity contribution >= 4 is 17.0 Å². The molecular formula is C14H15N3O2. The van der Waals surface area contributed by atoms with E-state index in [2.05, 4.69) is 29.3 Å². The van der Waals surface area contributed by atoms with Crippen molar-refractivity contribution in [2.24, 2.45) is 5.92 Å². The fraction of sp³-hybridized carbons (Fsp3) is 0.286. The van der Waals surface area contributed by atoms with Crippen LogP contribution in [0.15, 0.2) is 39.3 Å². The molecule has 98 valence electrons. The summed E-state index contributed by atoms with van der Waals surface area (Å²) < 4.78 is 10.8. The summed E-state index contributed by atoms with van der Waals surface area (Å²) in [6, 6.07) is 10.1. The molecule has 0 bridgehead atoms. The molecule has 3 aromatic rings. The Kier molecular flexibility index (Phi) is 2.95. The first kappa shape index (κ1) is 11.8. The highest BCUT2D eigenvalue weighted by Gasteiger charge is 2.13. The zero-order valence-electron chi connectivity index (χ0n) is 10.9. The summed E-state index contributed by atoms with van der Waals surface area (Å²) in [5.74, 6) is 1.59. The number of fused-ring (bicyclic) bond motifs is 1. The normalized spacial score (nSPS) is 11.3. The molecule has 0 saturated heterocycles. The summed E-state index contributed by atoms with van der Waals surface area (Å²) >= 11 is 0. The first-order chi connectivity index (χ1) is 9.22. The van der Waals surface area contributed by atoms with E-state index in [1.165, 1.54) is 0 Å². The number of rotatable bonds is 4. The van der Waals surface area contributed by atoms with Crippen molar-refractivity contribution in [3.63, 3.8) is 0 Å². The molecule has 0 aliphatic heterocycles. The van der Waals surface area contributed by atoms with Crippen LogP contribution in [-0.4, -0.2) is 16.7 Å². The Bertz CT molecular complexity index is 652. The number of furan rings is 1. The Morgan fingerprint density at radius 3 is 2.89 bits per heavy atom. The molecule has 0 spiro atoms. The van der Waals surface area contributed by atoms with Crippen molar-refractivity contribution in [2.45, 2.75) is 13.8 Å². The topological polar surface area (TPSA) is 64.1 Å². The van der Waals surface area contributed by atoms with E-state index in [0.29, 0.717) is 23.5 Å². The number of hydrogen-bond acceptors (Lipinski definition) is 5. The van der Waals surface area contributed by atoms with Gasteiger partial charge in [-0.2, -0.15) is 4.98 Å². The number of aromatic nitrogens is 2. The lowest BCUT2D eigenvalue weighted by molar-refractivity contribution is 0.427. The van der Waals surface area contributed by atoms with Gasteiger partial charge in [0.2, 0.25) is 5.82 Å². The standard InChI is InChI=1S/C14H15N3O2/c1-9(2)8-15-14-16-13(17-19-14)12-7-10-5-3-4-6-11(10)18-12/h3-7,9H,8H2,1-2H3,(H,15,16,17). The molecular weight excluding hydrogens is 242 g/mol. The second kappa shape index (κ2) is 4.76. The van der Waals surface area contributed by atoms with Crippen molar-refractivity contribution < 1.29 is 8.94 Å². The van der Waals surface area contributed by atoms with Crippen LogP contribution in [0.2, 0.25) is 0 Å². The lowest BCUT2D eigenvalue weighted by atomic mass is 10.2. The van der Waals surface area contributed by atoms with Crippen LogP contribution in [0.5, 0.6) is 0 Å². The third-order valence-electron chi connectivity index (χ3n) is 2.73. The number of anilines is 1. The van der Waals surface area contributed by atoms with E-state index < -0.39 is 0 Å². The number of nitrogens with zero attached hydrogens (tertiary/aromatic N) is 2. The zero-order chi connectivity index (χ0) is 13.2. The third kappa shape index (κ3) is 2.45. The maximum atomic E-state index is 5.68. The highest BCUT2D eigenvalue weighted by molar-refractivity contribution is 5.81. The summed E-state index contributed by atoms with van der Waals surface area (Å²) in [5.41, 5.74) is 0.819. The summed E-state index contributed by atoms with van der Waals surface area (Å²) in [7, 11) is 0. The Morgan fingerprint density at radius 1 is 1.26 bits per heavy atom. The molecule has 0 atom stereocenters. The monoisotopic (exact) mass is 257 g/mol. The quantitative estimate of drug-likeness (QED) is 0.774. The van der Waals surface area contributed by atoms with Crippen LogP contribution in [-0.2, 0) is 0 Å². The number of benzene rings is 1. The Hall–Kier alpha value is -2.30. The van der Waals surface area contributed by atoms with Crippen LogP contribution in [0, 0.1) is 5.92 Å². The minimum atomic E-state index is 0.421. The molecule has 2 aromatic heterocycles. The molecule has 0 aliphatic rings. The summed E-state index contributed by atoms with van der Waals surface area (Å²) in [6.45, 7) is 5.02. The van der Waals surface area contributed by atoms with Gasteiger partial charge in [-0.05, 0) is 18.1 Å². The van der Waals surface area contributed by atoms with Crippen molar-refractivity contribution in [3.05, 3.63) is 30.3 Å². The summed E-state index contributed by atoms with van der Waals surface area (Å²) in [4.78, 5) is 4.27. The Morgan fingerprint density at radius 2 is 2.11 bits per heavy atom. The number of nitrogens with one attached hydrogen (secondary N) is 1. The molecule has 5 nitrogen and oxygen atoms in total. The fourth-order valence-corrected chi connectivity index (χ4v) is 1.78. The van der Waals surface area contributed by atoms with Crippen LogP contribution in [0.4, 0.5) is 6.01 Å². The van der Waals surface area contributed by atoms with Gasteiger partial charge in [0.25, 0.3) is 0 Å². The van der Waals surface area contributed by atoms with Gasteiger partial charge < -0.3 is 14.3 Å². The van der Waals surface area contributed by atoms with Crippen molar-refractivity contribution in [1.29, 1.82) is 0 Å². The Labute approximate surface area is 110 Å². The maximum Gasteiger partial charge on any atom is 0.321 e. The predicted molar refractivity (Wildman–Crippen MR) is 72.8 cm³/mol. The lowest BCUT2D eigenvalue weighted by Gasteiger charge is -2.02. The van der Waals surface area contributed by atoms with Crippen LogP contribution in [0.1, 0.15) is 13.8 Å². The Balaban J connectivity index is 1.85. The van der Waals surface area contributed by atoms with E-state index in [1.807, 2.05) is 30.3 Å². The molecule has 19 heavy (non-hydrogen) atoms. The highest BCUT2D eigenvalue weighted by atomic mass is 16.5. The van der Waals surface area contributed by atoms with Crippen LogP contribution >= 0.6 is 0 Å². The SMILES string of the molecule is CC(C)CNc1nc(-c2cc3ccccc3o2)no1. The van der Waals surface area contributed by atoms with Crippen molar-refractivity contribution in [1.82, 2.24) is 10.1 Å². The molecule has 0 aliphatic carbocycles.